The molecule has 0 radical (unpaired) electrons. The second-order valence-electron chi connectivity index (χ2n) is 4.70. The maximum atomic E-state index is 13.3. The minimum Gasteiger partial charge on any atom is -0.383 e. The van der Waals surface area contributed by atoms with Crippen molar-refractivity contribution in [3.05, 3.63) is 0 Å². The van der Waals surface area contributed by atoms with Crippen molar-refractivity contribution < 1.29 is 22.7 Å². The van der Waals surface area contributed by atoms with E-state index in [4.69, 9.17) is 10.00 Å². The minimum atomic E-state index is -4.61. The Morgan fingerprint density at radius 3 is 2.65 bits per heavy atom. The molecule has 0 spiro atoms. The standard InChI is InChI=1S/C12H18F3N3O2/c1-20-8-7-18(6-2-4-16)10(19)11(12(13,14)15)3-5-17-9-11/h17H,2-3,5-9H2,1H3. The van der Waals surface area contributed by atoms with Gasteiger partial charge in [-0.25, -0.2) is 0 Å². The van der Waals surface area contributed by atoms with E-state index in [2.05, 4.69) is 5.32 Å². The predicted octanol–water partition coefficient (Wildman–Crippen LogP) is 0.917. The summed E-state index contributed by atoms with van der Waals surface area (Å²) >= 11 is 0. The van der Waals surface area contributed by atoms with E-state index in [0.29, 0.717) is 0 Å². The van der Waals surface area contributed by atoms with Crippen LogP contribution in [-0.2, 0) is 9.53 Å². The van der Waals surface area contributed by atoms with Crippen molar-refractivity contribution in [2.75, 3.05) is 39.9 Å². The van der Waals surface area contributed by atoms with E-state index < -0.39 is 24.0 Å². The fourth-order valence-electron chi connectivity index (χ4n) is 2.24. The van der Waals surface area contributed by atoms with Gasteiger partial charge in [0, 0.05) is 26.7 Å². The predicted molar refractivity (Wildman–Crippen MR) is 64.7 cm³/mol. The van der Waals surface area contributed by atoms with Crippen LogP contribution in [0.2, 0.25) is 0 Å². The maximum Gasteiger partial charge on any atom is 0.404 e. The van der Waals surface area contributed by atoms with Gasteiger partial charge in [0.15, 0.2) is 5.41 Å². The summed E-state index contributed by atoms with van der Waals surface area (Å²) in [4.78, 5) is 13.4. The molecule has 1 saturated heterocycles. The zero-order chi connectivity index (χ0) is 15.2. The molecule has 0 bridgehead atoms. The summed E-state index contributed by atoms with van der Waals surface area (Å²) in [5.41, 5.74) is -2.38. The van der Waals surface area contributed by atoms with Crippen LogP contribution < -0.4 is 5.32 Å². The largest absolute Gasteiger partial charge is 0.404 e. The van der Waals surface area contributed by atoms with Crippen LogP contribution in [0.4, 0.5) is 13.2 Å². The Hall–Kier alpha value is -1.33. The van der Waals surface area contributed by atoms with Crippen LogP contribution in [0.3, 0.4) is 0 Å². The lowest BCUT2D eigenvalue weighted by molar-refractivity contribution is -0.221. The van der Waals surface area contributed by atoms with Gasteiger partial charge in [0.1, 0.15) is 0 Å². The van der Waals surface area contributed by atoms with Crippen molar-refractivity contribution in [2.24, 2.45) is 5.41 Å². The molecule has 0 aliphatic carbocycles. The maximum absolute atomic E-state index is 13.3. The van der Waals surface area contributed by atoms with Crippen molar-refractivity contribution in [3.8, 4) is 6.07 Å². The highest BCUT2D eigenvalue weighted by Gasteiger charge is 2.62. The fraction of sp³-hybridized carbons (Fsp3) is 0.833. The Bertz CT molecular complexity index is 373. The molecule has 114 valence electrons. The van der Waals surface area contributed by atoms with Crippen LogP contribution in [0.25, 0.3) is 0 Å². The number of carbonyl (C=O) groups excluding carboxylic acids is 1. The molecule has 1 aliphatic rings. The molecule has 0 saturated carbocycles. The highest BCUT2D eigenvalue weighted by Crippen LogP contribution is 2.44. The van der Waals surface area contributed by atoms with Gasteiger partial charge in [-0.2, -0.15) is 18.4 Å². The van der Waals surface area contributed by atoms with E-state index in [1.807, 2.05) is 6.07 Å². The van der Waals surface area contributed by atoms with Crippen LogP contribution in [0.15, 0.2) is 0 Å². The monoisotopic (exact) mass is 293 g/mol. The summed E-state index contributed by atoms with van der Waals surface area (Å²) in [5, 5.41) is 11.2. The highest BCUT2D eigenvalue weighted by molar-refractivity contribution is 5.84. The smallest absolute Gasteiger partial charge is 0.383 e. The van der Waals surface area contributed by atoms with E-state index in [9.17, 15) is 18.0 Å². The van der Waals surface area contributed by atoms with Crippen LogP contribution in [0, 0.1) is 16.7 Å². The number of methoxy groups -OCH3 is 1. The van der Waals surface area contributed by atoms with E-state index in [-0.39, 0.29) is 39.1 Å². The molecule has 1 heterocycles. The third-order valence-corrected chi connectivity index (χ3v) is 3.45. The SMILES string of the molecule is COCCN(CCC#N)C(=O)C1(C(F)(F)F)CCNC1. The highest BCUT2D eigenvalue weighted by atomic mass is 19.4. The summed E-state index contributed by atoms with van der Waals surface area (Å²) in [5.74, 6) is -0.970. The molecule has 1 unspecified atom stereocenters. The van der Waals surface area contributed by atoms with Crippen molar-refractivity contribution in [3.63, 3.8) is 0 Å². The van der Waals surface area contributed by atoms with Crippen molar-refractivity contribution in [2.45, 2.75) is 19.0 Å². The van der Waals surface area contributed by atoms with Crippen LogP contribution in [0.5, 0.6) is 0 Å². The Labute approximate surface area is 115 Å². The van der Waals surface area contributed by atoms with Gasteiger partial charge in [0.05, 0.1) is 19.1 Å². The Balaban J connectivity index is 2.92. The molecule has 0 aromatic carbocycles. The molecule has 1 atom stereocenters. The van der Waals surface area contributed by atoms with Gasteiger partial charge in [-0.15, -0.1) is 0 Å². The number of halogens is 3. The first kappa shape index (κ1) is 16.7. The number of ether oxygens (including phenoxy) is 1. The summed E-state index contributed by atoms with van der Waals surface area (Å²) < 4.78 is 44.7. The molecule has 1 aliphatic heterocycles. The second kappa shape index (κ2) is 6.90. The minimum absolute atomic E-state index is 0.00315. The lowest BCUT2D eigenvalue weighted by Gasteiger charge is -2.35. The molecule has 1 N–H and O–H groups in total. The molecule has 5 nitrogen and oxygen atoms in total. The summed E-state index contributed by atoms with van der Waals surface area (Å²) in [6.45, 7) is -0.0864. The topological polar surface area (TPSA) is 65.4 Å². The first-order chi connectivity index (χ1) is 9.39. The number of rotatable bonds is 6. The summed E-state index contributed by atoms with van der Waals surface area (Å²) in [7, 11) is 1.41. The molecule has 20 heavy (non-hydrogen) atoms. The second-order valence-corrected chi connectivity index (χ2v) is 4.70. The van der Waals surface area contributed by atoms with Gasteiger partial charge < -0.3 is 15.0 Å². The molecule has 8 heteroatoms. The van der Waals surface area contributed by atoms with Crippen LogP contribution >= 0.6 is 0 Å². The molecule has 1 amide bonds. The number of alkyl halides is 3. The Morgan fingerprint density at radius 2 is 2.20 bits per heavy atom. The quantitative estimate of drug-likeness (QED) is 0.791. The van der Waals surface area contributed by atoms with Gasteiger partial charge in [0.2, 0.25) is 5.91 Å². The van der Waals surface area contributed by atoms with Gasteiger partial charge in [-0.05, 0) is 13.0 Å². The number of nitriles is 1. The number of carbonyl (C=O) groups is 1. The molecule has 0 aromatic rings. The summed E-state index contributed by atoms with van der Waals surface area (Å²) in [6.07, 6.45) is -4.88. The van der Waals surface area contributed by atoms with Crippen LogP contribution in [-0.4, -0.2) is 56.9 Å². The third-order valence-electron chi connectivity index (χ3n) is 3.45. The van der Waals surface area contributed by atoms with Crippen molar-refractivity contribution in [1.29, 1.82) is 5.26 Å². The molecule has 1 fully saturated rings. The Kier molecular flexibility index (Phi) is 5.77. The van der Waals surface area contributed by atoms with Crippen molar-refractivity contribution >= 4 is 5.91 Å². The van der Waals surface area contributed by atoms with E-state index in [1.165, 1.54) is 7.11 Å². The zero-order valence-electron chi connectivity index (χ0n) is 11.3. The van der Waals surface area contributed by atoms with E-state index in [1.54, 1.807) is 0 Å². The molecule has 1 rings (SSSR count). The van der Waals surface area contributed by atoms with Crippen LogP contribution in [0.1, 0.15) is 12.8 Å². The average Bonchev–Trinajstić information content (AvgIpc) is 2.88. The summed E-state index contributed by atoms with van der Waals surface area (Å²) in [6, 6.07) is 1.84. The van der Waals surface area contributed by atoms with E-state index >= 15 is 0 Å². The number of nitrogens with one attached hydrogen (secondary N) is 1. The molecular formula is C12H18F3N3O2. The molecular weight excluding hydrogens is 275 g/mol. The first-order valence-corrected chi connectivity index (χ1v) is 6.32. The third kappa shape index (κ3) is 3.41. The van der Waals surface area contributed by atoms with E-state index in [0.717, 1.165) is 4.90 Å². The van der Waals surface area contributed by atoms with Gasteiger partial charge in [0.25, 0.3) is 0 Å². The lowest BCUT2D eigenvalue weighted by atomic mass is 9.84. The van der Waals surface area contributed by atoms with Gasteiger partial charge in [-0.3, -0.25) is 4.79 Å². The number of nitrogens with zero attached hydrogens (tertiary/aromatic N) is 2. The fourth-order valence-corrected chi connectivity index (χ4v) is 2.24. The Morgan fingerprint density at radius 1 is 1.50 bits per heavy atom. The number of hydrogen-bond acceptors (Lipinski definition) is 4. The lowest BCUT2D eigenvalue weighted by Crippen LogP contribution is -2.54. The molecule has 0 aromatic heterocycles. The first-order valence-electron chi connectivity index (χ1n) is 6.32. The van der Waals surface area contributed by atoms with Gasteiger partial charge in [-0.1, -0.05) is 0 Å². The van der Waals surface area contributed by atoms with Crippen molar-refractivity contribution in [1.82, 2.24) is 10.2 Å². The normalized spacial score (nSPS) is 22.6. The number of hydrogen-bond donors (Lipinski definition) is 1. The number of amides is 1. The average molecular weight is 293 g/mol. The van der Waals surface area contributed by atoms with Gasteiger partial charge >= 0.3 is 6.18 Å². The zero-order valence-corrected chi connectivity index (χ0v) is 11.3.